The first-order valence-electron chi connectivity index (χ1n) is 9.72. The van der Waals surface area contributed by atoms with Gasteiger partial charge in [-0.05, 0) is 13.3 Å². The van der Waals surface area contributed by atoms with E-state index < -0.39 is 40.8 Å². The third-order valence-corrected chi connectivity index (χ3v) is 6.46. The van der Waals surface area contributed by atoms with E-state index in [4.69, 9.17) is 0 Å². The SMILES string of the molecule is Cc1c(F)c(N2CCN3CCC2C3)c(F)c2c1c(=O)c(C(=O)O)cn2[C@@H]1C[C@@H]1F. The number of aromatic nitrogens is 1. The number of nitrogens with zero attached hydrogens (tertiary/aromatic N) is 3. The van der Waals surface area contributed by atoms with Gasteiger partial charge in [0.15, 0.2) is 11.6 Å². The van der Waals surface area contributed by atoms with Crippen molar-refractivity contribution in [3.8, 4) is 0 Å². The van der Waals surface area contributed by atoms with Crippen LogP contribution in [0.3, 0.4) is 0 Å². The highest BCUT2D eigenvalue weighted by Gasteiger charge is 2.42. The number of carbonyl (C=O) groups is 1. The van der Waals surface area contributed by atoms with E-state index in [0.717, 1.165) is 25.7 Å². The van der Waals surface area contributed by atoms with Gasteiger partial charge in [0.25, 0.3) is 0 Å². The number of rotatable bonds is 3. The average molecular weight is 407 g/mol. The minimum atomic E-state index is -1.51. The van der Waals surface area contributed by atoms with Gasteiger partial charge in [-0.1, -0.05) is 0 Å². The van der Waals surface area contributed by atoms with Gasteiger partial charge >= 0.3 is 5.97 Å². The maximum Gasteiger partial charge on any atom is 0.341 e. The van der Waals surface area contributed by atoms with E-state index in [0.29, 0.717) is 13.1 Å². The van der Waals surface area contributed by atoms with Gasteiger partial charge in [-0.25, -0.2) is 18.0 Å². The average Bonchev–Trinajstić information content (AvgIpc) is 3.29. The largest absolute Gasteiger partial charge is 0.477 e. The molecule has 3 fully saturated rings. The molecule has 2 aliphatic heterocycles. The summed E-state index contributed by atoms with van der Waals surface area (Å²) in [6, 6.07) is -0.787. The van der Waals surface area contributed by atoms with Crippen molar-refractivity contribution in [2.45, 2.75) is 38.0 Å². The lowest BCUT2D eigenvalue weighted by Crippen LogP contribution is -2.47. The van der Waals surface area contributed by atoms with Crippen LogP contribution in [-0.4, -0.2) is 58.9 Å². The van der Waals surface area contributed by atoms with Crippen LogP contribution in [0.15, 0.2) is 11.0 Å². The molecule has 5 rings (SSSR count). The summed E-state index contributed by atoms with van der Waals surface area (Å²) in [5.41, 5.74) is -2.08. The number of carboxylic acid groups (broad SMARTS) is 1. The fraction of sp³-hybridized carbons (Fsp3) is 0.500. The number of anilines is 1. The van der Waals surface area contributed by atoms with E-state index in [-0.39, 0.29) is 34.6 Å². The van der Waals surface area contributed by atoms with Crippen LogP contribution in [0.1, 0.15) is 34.8 Å². The zero-order chi connectivity index (χ0) is 20.6. The molecule has 6 nitrogen and oxygen atoms in total. The van der Waals surface area contributed by atoms with E-state index in [1.165, 1.54) is 11.5 Å². The molecule has 0 spiro atoms. The van der Waals surface area contributed by atoms with Crippen LogP contribution in [0.2, 0.25) is 0 Å². The van der Waals surface area contributed by atoms with Crippen molar-refractivity contribution in [1.29, 1.82) is 0 Å². The number of carboxylic acids is 1. The number of hydrogen-bond donors (Lipinski definition) is 1. The van der Waals surface area contributed by atoms with E-state index in [2.05, 4.69) is 4.90 Å². The Bertz CT molecular complexity index is 1120. The smallest absolute Gasteiger partial charge is 0.341 e. The predicted molar refractivity (Wildman–Crippen MR) is 101 cm³/mol. The summed E-state index contributed by atoms with van der Waals surface area (Å²) in [4.78, 5) is 28.2. The summed E-state index contributed by atoms with van der Waals surface area (Å²) in [6.45, 7) is 4.08. The van der Waals surface area contributed by atoms with Crippen LogP contribution in [-0.2, 0) is 0 Å². The Morgan fingerprint density at radius 2 is 1.93 bits per heavy atom. The predicted octanol–water partition coefficient (Wildman–Crippen LogP) is 2.46. The maximum absolute atomic E-state index is 15.8. The second-order valence-corrected chi connectivity index (χ2v) is 8.17. The molecule has 2 unspecified atom stereocenters. The Hall–Kier alpha value is -2.55. The molecule has 2 saturated heterocycles. The molecule has 3 aliphatic rings. The number of aromatic carboxylic acids is 1. The van der Waals surface area contributed by atoms with Gasteiger partial charge in [-0.3, -0.25) is 9.69 Å². The van der Waals surface area contributed by atoms with Crippen molar-refractivity contribution in [1.82, 2.24) is 9.47 Å². The Labute approximate surface area is 164 Å². The second kappa shape index (κ2) is 6.22. The topological polar surface area (TPSA) is 65.8 Å². The second-order valence-electron chi connectivity index (χ2n) is 8.17. The summed E-state index contributed by atoms with van der Waals surface area (Å²) < 4.78 is 46.2. The molecule has 1 saturated carbocycles. The molecule has 0 radical (unpaired) electrons. The molecule has 9 heteroatoms. The monoisotopic (exact) mass is 407 g/mol. The quantitative estimate of drug-likeness (QED) is 0.847. The van der Waals surface area contributed by atoms with Crippen LogP contribution in [0, 0.1) is 18.6 Å². The van der Waals surface area contributed by atoms with Crippen LogP contribution in [0.5, 0.6) is 0 Å². The highest BCUT2D eigenvalue weighted by atomic mass is 19.1. The molecule has 0 amide bonds. The molecule has 3 heterocycles. The molecule has 1 N–H and O–H groups in total. The molecule has 1 aromatic heterocycles. The van der Waals surface area contributed by atoms with Gasteiger partial charge in [0.1, 0.15) is 17.4 Å². The number of alkyl halides is 1. The summed E-state index contributed by atoms with van der Waals surface area (Å²) in [5.74, 6) is -3.28. The molecule has 29 heavy (non-hydrogen) atoms. The third-order valence-electron chi connectivity index (χ3n) is 6.46. The first-order chi connectivity index (χ1) is 13.8. The highest BCUT2D eigenvalue weighted by molar-refractivity contribution is 5.95. The lowest BCUT2D eigenvalue weighted by atomic mass is 10.0. The van der Waals surface area contributed by atoms with Gasteiger partial charge in [-0.15, -0.1) is 0 Å². The van der Waals surface area contributed by atoms with E-state index in [1.807, 2.05) is 0 Å². The zero-order valence-electron chi connectivity index (χ0n) is 15.8. The van der Waals surface area contributed by atoms with E-state index >= 15 is 8.78 Å². The third kappa shape index (κ3) is 2.59. The van der Waals surface area contributed by atoms with Gasteiger partial charge < -0.3 is 14.6 Å². The maximum atomic E-state index is 15.8. The Kier molecular flexibility index (Phi) is 3.96. The Morgan fingerprint density at radius 3 is 2.59 bits per heavy atom. The Morgan fingerprint density at radius 1 is 1.21 bits per heavy atom. The van der Waals surface area contributed by atoms with Crippen molar-refractivity contribution >= 4 is 22.6 Å². The van der Waals surface area contributed by atoms with Gasteiger partial charge in [-0.2, -0.15) is 0 Å². The van der Waals surface area contributed by atoms with E-state index in [9.17, 15) is 19.1 Å². The van der Waals surface area contributed by atoms with Crippen LogP contribution in [0.4, 0.5) is 18.9 Å². The van der Waals surface area contributed by atoms with Crippen LogP contribution in [0.25, 0.3) is 10.9 Å². The van der Waals surface area contributed by atoms with Gasteiger partial charge in [0.05, 0.1) is 16.9 Å². The normalized spacial score (nSPS) is 28.2. The minimum absolute atomic E-state index is 0.0297. The van der Waals surface area contributed by atoms with Gasteiger partial charge in [0.2, 0.25) is 5.43 Å². The van der Waals surface area contributed by atoms with Crippen molar-refractivity contribution in [2.24, 2.45) is 0 Å². The van der Waals surface area contributed by atoms with Crippen molar-refractivity contribution < 1.29 is 23.1 Å². The number of piperazine rings is 1. The number of fused-ring (bicyclic) bond motifs is 3. The van der Waals surface area contributed by atoms with Crippen LogP contribution >= 0.6 is 0 Å². The van der Waals surface area contributed by atoms with Crippen molar-refractivity contribution in [3.63, 3.8) is 0 Å². The lowest BCUT2D eigenvalue weighted by Gasteiger charge is -2.37. The fourth-order valence-corrected chi connectivity index (χ4v) is 4.80. The molecule has 154 valence electrons. The molecular weight excluding hydrogens is 387 g/mol. The zero-order valence-corrected chi connectivity index (χ0v) is 15.8. The first-order valence-corrected chi connectivity index (χ1v) is 9.72. The molecule has 1 aliphatic carbocycles. The number of hydrogen-bond acceptors (Lipinski definition) is 4. The highest BCUT2D eigenvalue weighted by Crippen LogP contribution is 2.43. The fourth-order valence-electron chi connectivity index (χ4n) is 4.80. The van der Waals surface area contributed by atoms with Crippen molar-refractivity contribution in [2.75, 3.05) is 31.1 Å². The first kappa shape index (κ1) is 18.5. The van der Waals surface area contributed by atoms with Gasteiger partial charge in [0, 0.05) is 50.4 Å². The summed E-state index contributed by atoms with van der Waals surface area (Å²) in [5, 5.41) is 9.04. The number of halogens is 3. The van der Waals surface area contributed by atoms with Crippen molar-refractivity contribution in [3.05, 3.63) is 39.2 Å². The van der Waals surface area contributed by atoms with Crippen LogP contribution < -0.4 is 10.3 Å². The molecule has 4 atom stereocenters. The molecular formula is C20H20F3N3O3. The Balaban J connectivity index is 1.82. The minimum Gasteiger partial charge on any atom is -0.477 e. The molecule has 1 aromatic carbocycles. The molecule has 2 aromatic rings. The number of pyridine rings is 1. The standard InChI is InChI=1S/C20H20F3N3O3/c1-9-14-17(26(13-6-12(13)21)8-11(19(14)27)20(28)29)16(23)18(15(9)22)25-5-4-24-3-2-10(25)7-24/h8,10,12-13H,2-7H2,1H3,(H,28,29)/t10?,12-,13+/m0/s1. The summed E-state index contributed by atoms with van der Waals surface area (Å²) in [6.07, 6.45) is 0.628. The summed E-state index contributed by atoms with van der Waals surface area (Å²) >= 11 is 0. The van der Waals surface area contributed by atoms with E-state index in [1.54, 1.807) is 4.90 Å². The molecule has 2 bridgehead atoms. The lowest BCUT2D eigenvalue weighted by molar-refractivity contribution is 0.0694. The number of benzene rings is 1. The number of aryl methyl sites for hydroxylation is 1. The summed E-state index contributed by atoms with van der Waals surface area (Å²) in [7, 11) is 0.